The standard InChI is InChI=1S/C22H26N8O/c1-15(2)27-30-16(3)21(31-4)13-19(28-30)17-5-7-18(8-6-17)20-14-24-22(26-25-20)29-11-9-23-10-12-29/h5-8,13-14,23H,3,9-12H2,1-2,4H3. The van der Waals surface area contributed by atoms with Gasteiger partial charge in [0.05, 0.1) is 19.0 Å². The molecule has 2 aromatic rings. The Morgan fingerprint density at radius 2 is 1.81 bits per heavy atom. The van der Waals surface area contributed by atoms with E-state index >= 15 is 0 Å². The van der Waals surface area contributed by atoms with Crippen molar-refractivity contribution in [3.63, 3.8) is 0 Å². The van der Waals surface area contributed by atoms with Crippen LogP contribution in [0.1, 0.15) is 19.4 Å². The third-order valence-corrected chi connectivity index (χ3v) is 4.94. The number of allylic oxidation sites excluding steroid dienone is 1. The lowest BCUT2D eigenvalue weighted by atomic mass is 10.0. The quantitative estimate of drug-likeness (QED) is 0.746. The van der Waals surface area contributed by atoms with Crippen LogP contribution in [0, 0.1) is 0 Å². The molecule has 4 rings (SSSR count). The zero-order valence-electron chi connectivity index (χ0n) is 18.0. The van der Waals surface area contributed by atoms with Gasteiger partial charge in [-0.2, -0.15) is 5.10 Å². The summed E-state index contributed by atoms with van der Waals surface area (Å²) in [6, 6.07) is 7.93. The number of nitrogens with one attached hydrogen (secondary N) is 1. The van der Waals surface area contributed by atoms with Crippen LogP contribution < -0.4 is 10.2 Å². The van der Waals surface area contributed by atoms with Crippen molar-refractivity contribution in [2.75, 3.05) is 38.2 Å². The Morgan fingerprint density at radius 3 is 2.42 bits per heavy atom. The molecule has 1 aromatic heterocycles. The van der Waals surface area contributed by atoms with E-state index in [4.69, 9.17) is 4.74 Å². The fourth-order valence-electron chi connectivity index (χ4n) is 3.31. The van der Waals surface area contributed by atoms with Gasteiger partial charge in [-0.25, -0.2) is 4.98 Å². The van der Waals surface area contributed by atoms with Gasteiger partial charge < -0.3 is 15.0 Å². The largest absolute Gasteiger partial charge is 0.494 e. The number of piperazine rings is 1. The molecule has 31 heavy (non-hydrogen) atoms. The summed E-state index contributed by atoms with van der Waals surface area (Å²) in [5, 5.41) is 22.5. The summed E-state index contributed by atoms with van der Waals surface area (Å²) in [4.78, 5) is 6.64. The Bertz CT molecular complexity index is 1030. The molecule has 1 fully saturated rings. The Labute approximate surface area is 181 Å². The Morgan fingerprint density at radius 1 is 1.10 bits per heavy atom. The third-order valence-electron chi connectivity index (χ3n) is 4.94. The van der Waals surface area contributed by atoms with Gasteiger partial charge in [0.25, 0.3) is 0 Å². The van der Waals surface area contributed by atoms with Crippen molar-refractivity contribution >= 4 is 17.4 Å². The second-order valence-electron chi connectivity index (χ2n) is 7.44. The molecule has 0 atom stereocenters. The molecule has 3 heterocycles. The summed E-state index contributed by atoms with van der Waals surface area (Å²) in [5.41, 5.74) is 4.79. The molecule has 1 aromatic carbocycles. The van der Waals surface area contributed by atoms with E-state index in [2.05, 4.69) is 42.2 Å². The van der Waals surface area contributed by atoms with E-state index in [1.165, 1.54) is 5.12 Å². The summed E-state index contributed by atoms with van der Waals surface area (Å²) in [7, 11) is 1.61. The van der Waals surface area contributed by atoms with E-state index in [1.807, 2.05) is 44.2 Å². The fourth-order valence-corrected chi connectivity index (χ4v) is 3.31. The summed E-state index contributed by atoms with van der Waals surface area (Å²) in [5.74, 6) is 1.29. The molecule has 1 N–H and O–H groups in total. The van der Waals surface area contributed by atoms with Gasteiger partial charge in [0.1, 0.15) is 17.2 Å². The van der Waals surface area contributed by atoms with Crippen LogP contribution in [0.5, 0.6) is 0 Å². The maximum absolute atomic E-state index is 5.46. The van der Waals surface area contributed by atoms with Crippen LogP contribution >= 0.6 is 0 Å². The molecule has 0 saturated carbocycles. The molecular formula is C22H26N8O. The fraction of sp³-hybridized carbons (Fsp3) is 0.318. The molecule has 1 saturated heterocycles. The lowest BCUT2D eigenvalue weighted by Gasteiger charge is -2.26. The first-order valence-corrected chi connectivity index (χ1v) is 10.2. The lowest BCUT2D eigenvalue weighted by molar-refractivity contribution is 0.259. The molecule has 0 unspecified atom stereocenters. The minimum atomic E-state index is 0.593. The van der Waals surface area contributed by atoms with E-state index in [9.17, 15) is 0 Å². The van der Waals surface area contributed by atoms with Crippen LogP contribution in [-0.4, -0.2) is 65.0 Å². The maximum atomic E-state index is 5.46. The predicted octanol–water partition coefficient (Wildman–Crippen LogP) is 2.41. The van der Waals surface area contributed by atoms with E-state index in [1.54, 1.807) is 13.3 Å². The summed E-state index contributed by atoms with van der Waals surface area (Å²) in [6.45, 7) is 11.5. The van der Waals surface area contributed by atoms with E-state index in [0.29, 0.717) is 17.4 Å². The molecular weight excluding hydrogens is 392 g/mol. The number of hydrogen-bond acceptors (Lipinski definition) is 9. The number of methoxy groups -OCH3 is 1. The van der Waals surface area contributed by atoms with Crippen molar-refractivity contribution in [2.24, 2.45) is 10.2 Å². The van der Waals surface area contributed by atoms with Gasteiger partial charge in [-0.15, -0.1) is 20.4 Å². The van der Waals surface area contributed by atoms with E-state index in [-0.39, 0.29) is 0 Å². The van der Waals surface area contributed by atoms with Gasteiger partial charge in [0, 0.05) is 49.1 Å². The lowest BCUT2D eigenvalue weighted by Crippen LogP contribution is -2.44. The molecule has 0 radical (unpaired) electrons. The number of aromatic nitrogens is 3. The molecule has 2 aliphatic heterocycles. The predicted molar refractivity (Wildman–Crippen MR) is 122 cm³/mol. The van der Waals surface area contributed by atoms with Crippen molar-refractivity contribution in [1.29, 1.82) is 0 Å². The first-order valence-electron chi connectivity index (χ1n) is 10.2. The van der Waals surface area contributed by atoms with Gasteiger partial charge in [-0.1, -0.05) is 30.8 Å². The topological polar surface area (TPSA) is 91.1 Å². The van der Waals surface area contributed by atoms with Crippen LogP contribution in [0.2, 0.25) is 0 Å². The summed E-state index contributed by atoms with van der Waals surface area (Å²) in [6.07, 6.45) is 3.63. The van der Waals surface area contributed by atoms with Crippen molar-refractivity contribution in [1.82, 2.24) is 25.6 Å². The maximum Gasteiger partial charge on any atom is 0.245 e. The molecule has 2 aliphatic rings. The minimum Gasteiger partial charge on any atom is -0.494 e. The second-order valence-corrected chi connectivity index (χ2v) is 7.44. The van der Waals surface area contributed by atoms with Crippen molar-refractivity contribution in [3.8, 4) is 11.3 Å². The smallest absolute Gasteiger partial charge is 0.245 e. The van der Waals surface area contributed by atoms with Crippen LogP contribution in [0.15, 0.2) is 64.8 Å². The van der Waals surface area contributed by atoms with Crippen molar-refractivity contribution in [2.45, 2.75) is 13.8 Å². The number of hydrazone groups is 2. The third kappa shape index (κ3) is 4.61. The van der Waals surface area contributed by atoms with Gasteiger partial charge in [-0.05, 0) is 13.8 Å². The number of anilines is 1. The Balaban J connectivity index is 1.55. The molecule has 160 valence electrons. The molecule has 0 spiro atoms. The first kappa shape index (κ1) is 20.7. The van der Waals surface area contributed by atoms with Gasteiger partial charge in [-0.3, -0.25) is 0 Å². The van der Waals surface area contributed by atoms with E-state index in [0.717, 1.165) is 54.4 Å². The van der Waals surface area contributed by atoms with Crippen molar-refractivity contribution in [3.05, 3.63) is 60.1 Å². The average Bonchev–Trinajstić information content (AvgIpc) is 2.81. The number of rotatable bonds is 5. The second kappa shape index (κ2) is 9.05. The Kier molecular flexibility index (Phi) is 6.03. The highest BCUT2D eigenvalue weighted by molar-refractivity contribution is 6.09. The summed E-state index contributed by atoms with van der Waals surface area (Å²) >= 11 is 0. The van der Waals surface area contributed by atoms with Crippen LogP contribution in [0.3, 0.4) is 0 Å². The SMILES string of the molecule is C=C1C(OC)=CC(c2ccc(-c3cnc(N4CCNCC4)nn3)cc2)=NN1N=C(C)C. The average molecular weight is 419 g/mol. The number of benzene rings is 1. The number of hydrogen-bond donors (Lipinski definition) is 1. The molecule has 0 amide bonds. The zero-order chi connectivity index (χ0) is 21.8. The highest BCUT2D eigenvalue weighted by atomic mass is 16.5. The van der Waals surface area contributed by atoms with Crippen LogP contribution in [-0.2, 0) is 4.74 Å². The highest BCUT2D eigenvalue weighted by Crippen LogP contribution is 2.24. The molecule has 0 aliphatic carbocycles. The minimum absolute atomic E-state index is 0.593. The number of nitrogens with zero attached hydrogens (tertiary/aromatic N) is 7. The number of ether oxygens (including phenoxy) is 1. The molecule has 9 nitrogen and oxygen atoms in total. The highest BCUT2D eigenvalue weighted by Gasteiger charge is 2.20. The van der Waals surface area contributed by atoms with Crippen molar-refractivity contribution < 1.29 is 4.74 Å². The monoisotopic (exact) mass is 418 g/mol. The van der Waals surface area contributed by atoms with Crippen LogP contribution in [0.4, 0.5) is 5.95 Å². The van der Waals surface area contributed by atoms with Gasteiger partial charge in [0.15, 0.2) is 0 Å². The van der Waals surface area contributed by atoms with Gasteiger partial charge >= 0.3 is 0 Å². The van der Waals surface area contributed by atoms with Gasteiger partial charge in [0.2, 0.25) is 5.95 Å². The molecule has 9 heteroatoms. The van der Waals surface area contributed by atoms with Crippen LogP contribution in [0.25, 0.3) is 11.3 Å². The van der Waals surface area contributed by atoms with E-state index < -0.39 is 0 Å². The first-order chi connectivity index (χ1) is 15.0. The summed E-state index contributed by atoms with van der Waals surface area (Å²) < 4.78 is 5.46. The zero-order valence-corrected chi connectivity index (χ0v) is 18.0. The molecule has 0 bridgehead atoms. The normalized spacial score (nSPS) is 16.5. The Hall–Kier alpha value is -3.59.